The Labute approximate surface area is 71.4 Å². The zero-order chi connectivity index (χ0) is 8.97. The normalized spacial score (nSPS) is 9.17. The average Bonchev–Trinajstić information content (AvgIpc) is 2.16. The lowest BCUT2D eigenvalue weighted by Crippen LogP contribution is -1.91. The van der Waals surface area contributed by atoms with Crippen LogP contribution in [0.5, 0.6) is 11.5 Å². The highest BCUT2D eigenvalue weighted by molar-refractivity contribution is 5.81. The van der Waals surface area contributed by atoms with Gasteiger partial charge >= 0.3 is 0 Å². The fourth-order valence-electron chi connectivity index (χ4n) is 0.952. The van der Waals surface area contributed by atoms with Gasteiger partial charge in [0, 0.05) is 11.8 Å². The van der Waals surface area contributed by atoms with Crippen molar-refractivity contribution in [2.24, 2.45) is 0 Å². The first kappa shape index (κ1) is 8.59. The summed E-state index contributed by atoms with van der Waals surface area (Å²) < 4.78 is 10.0. The Morgan fingerprint density at radius 1 is 1.25 bits per heavy atom. The Kier molecular flexibility index (Phi) is 2.69. The highest BCUT2D eigenvalue weighted by Gasteiger charge is 2.00. The minimum absolute atomic E-state index is 0.686. The summed E-state index contributed by atoms with van der Waals surface area (Å²) in [4.78, 5) is 0. The maximum atomic E-state index is 7.10. The van der Waals surface area contributed by atoms with E-state index in [2.05, 4.69) is 0 Å². The van der Waals surface area contributed by atoms with Gasteiger partial charge in [-0.25, -0.2) is 0 Å². The quantitative estimate of drug-likeness (QED) is 0.692. The van der Waals surface area contributed by atoms with E-state index in [4.69, 9.17) is 14.9 Å². The van der Waals surface area contributed by atoms with E-state index in [0.29, 0.717) is 5.75 Å². The fourth-order valence-corrected chi connectivity index (χ4v) is 0.952. The lowest BCUT2D eigenvalue weighted by atomic mass is 10.2. The lowest BCUT2D eigenvalue weighted by molar-refractivity contribution is 0.402. The van der Waals surface area contributed by atoms with Crippen LogP contribution in [-0.4, -0.2) is 20.4 Å². The van der Waals surface area contributed by atoms with E-state index >= 15 is 0 Å². The van der Waals surface area contributed by atoms with Crippen LogP contribution < -0.4 is 9.47 Å². The molecule has 0 spiro atoms. The van der Waals surface area contributed by atoms with Crippen LogP contribution >= 0.6 is 0 Å². The molecular weight excluding hydrogens is 154 g/mol. The van der Waals surface area contributed by atoms with Crippen LogP contribution in [0.4, 0.5) is 0 Å². The van der Waals surface area contributed by atoms with Gasteiger partial charge in [0.1, 0.15) is 11.5 Å². The van der Waals surface area contributed by atoms with E-state index in [1.807, 2.05) is 0 Å². The predicted molar refractivity (Wildman–Crippen MR) is 47.4 cm³/mol. The van der Waals surface area contributed by atoms with Gasteiger partial charge in [-0.1, -0.05) is 0 Å². The van der Waals surface area contributed by atoms with Gasteiger partial charge in [0.05, 0.1) is 14.2 Å². The van der Waals surface area contributed by atoms with Crippen molar-refractivity contribution in [3.8, 4) is 11.5 Å². The molecule has 0 aromatic heterocycles. The van der Waals surface area contributed by atoms with Crippen LogP contribution in [0.3, 0.4) is 0 Å². The molecule has 1 aromatic rings. The van der Waals surface area contributed by atoms with Gasteiger partial charge in [-0.15, -0.1) is 0 Å². The number of hydrogen-bond donors (Lipinski definition) is 1. The molecule has 0 unspecified atom stereocenters. The summed E-state index contributed by atoms with van der Waals surface area (Å²) in [7, 11) is 3.17. The summed E-state index contributed by atoms with van der Waals surface area (Å²) in [5, 5.41) is 7.10. The summed E-state index contributed by atoms with van der Waals surface area (Å²) in [5.41, 5.74) is 0.719. The third-order valence-corrected chi connectivity index (χ3v) is 1.59. The van der Waals surface area contributed by atoms with Crippen molar-refractivity contribution in [3.63, 3.8) is 0 Å². The van der Waals surface area contributed by atoms with Crippen LogP contribution in [0.15, 0.2) is 18.2 Å². The minimum Gasteiger partial charge on any atom is -0.497 e. The Bertz CT molecular complexity index is 284. The third kappa shape index (κ3) is 1.56. The summed E-state index contributed by atoms with van der Waals surface area (Å²) in [6.07, 6.45) is 1.24. The van der Waals surface area contributed by atoms with Crippen LogP contribution in [0, 0.1) is 5.41 Å². The zero-order valence-electron chi connectivity index (χ0n) is 7.13. The predicted octanol–water partition coefficient (Wildman–Crippen LogP) is 1.70. The first-order chi connectivity index (χ1) is 5.81. The number of benzene rings is 1. The first-order valence-corrected chi connectivity index (χ1v) is 3.54. The molecule has 0 aliphatic heterocycles. The number of rotatable bonds is 3. The minimum atomic E-state index is 0.686. The Hall–Kier alpha value is -1.51. The molecular formula is C9H11NO2. The maximum Gasteiger partial charge on any atom is 0.127 e. The van der Waals surface area contributed by atoms with Gasteiger partial charge in [-0.3, -0.25) is 0 Å². The summed E-state index contributed by atoms with van der Waals surface area (Å²) >= 11 is 0. The standard InChI is InChI=1S/C9H11NO2/c1-11-8-3-4-9(12-2)7(5-8)6-10/h3-6,10H,1-2H3. The molecule has 0 fully saturated rings. The molecule has 0 saturated carbocycles. The fraction of sp³-hybridized carbons (Fsp3) is 0.222. The Morgan fingerprint density at radius 2 is 2.00 bits per heavy atom. The molecule has 1 aromatic carbocycles. The molecule has 0 atom stereocenters. The summed E-state index contributed by atoms with van der Waals surface area (Å²) in [5.74, 6) is 1.42. The smallest absolute Gasteiger partial charge is 0.127 e. The topological polar surface area (TPSA) is 42.3 Å². The highest BCUT2D eigenvalue weighted by Crippen LogP contribution is 2.21. The Balaban J connectivity index is 3.10. The van der Waals surface area contributed by atoms with E-state index < -0.39 is 0 Å². The zero-order valence-corrected chi connectivity index (χ0v) is 7.13. The van der Waals surface area contributed by atoms with Gasteiger partial charge in [-0.05, 0) is 18.2 Å². The van der Waals surface area contributed by atoms with Gasteiger partial charge < -0.3 is 14.9 Å². The van der Waals surface area contributed by atoms with Crippen LogP contribution in [0.2, 0.25) is 0 Å². The maximum absolute atomic E-state index is 7.10. The van der Waals surface area contributed by atoms with E-state index in [1.54, 1.807) is 32.4 Å². The second-order valence-corrected chi connectivity index (χ2v) is 2.25. The van der Waals surface area contributed by atoms with Gasteiger partial charge in [0.2, 0.25) is 0 Å². The van der Waals surface area contributed by atoms with Crippen LogP contribution in [0.25, 0.3) is 0 Å². The molecule has 0 saturated heterocycles. The Morgan fingerprint density at radius 3 is 2.50 bits per heavy atom. The molecule has 12 heavy (non-hydrogen) atoms. The highest BCUT2D eigenvalue weighted by atomic mass is 16.5. The van der Waals surface area contributed by atoms with Crippen molar-refractivity contribution in [2.45, 2.75) is 0 Å². The van der Waals surface area contributed by atoms with Crippen molar-refractivity contribution in [1.82, 2.24) is 0 Å². The summed E-state index contributed by atoms with van der Waals surface area (Å²) in [6.45, 7) is 0. The number of ether oxygens (including phenoxy) is 2. The molecule has 0 amide bonds. The molecule has 0 radical (unpaired) electrons. The van der Waals surface area contributed by atoms with Crippen molar-refractivity contribution >= 4 is 6.21 Å². The lowest BCUT2D eigenvalue weighted by Gasteiger charge is -2.05. The van der Waals surface area contributed by atoms with Gasteiger partial charge in [0.15, 0.2) is 0 Å². The molecule has 1 N–H and O–H groups in total. The summed E-state index contributed by atoms with van der Waals surface area (Å²) in [6, 6.07) is 5.33. The number of nitrogens with one attached hydrogen (secondary N) is 1. The van der Waals surface area contributed by atoms with E-state index in [1.165, 1.54) is 6.21 Å². The van der Waals surface area contributed by atoms with Crippen molar-refractivity contribution in [3.05, 3.63) is 23.8 Å². The van der Waals surface area contributed by atoms with E-state index in [9.17, 15) is 0 Å². The second kappa shape index (κ2) is 3.76. The van der Waals surface area contributed by atoms with Crippen LogP contribution in [-0.2, 0) is 0 Å². The number of hydrogen-bond acceptors (Lipinski definition) is 3. The average molecular weight is 165 g/mol. The van der Waals surface area contributed by atoms with Gasteiger partial charge in [0.25, 0.3) is 0 Å². The van der Waals surface area contributed by atoms with Crippen molar-refractivity contribution < 1.29 is 9.47 Å². The van der Waals surface area contributed by atoms with Crippen molar-refractivity contribution in [1.29, 1.82) is 5.41 Å². The largest absolute Gasteiger partial charge is 0.497 e. The molecule has 64 valence electrons. The SMILES string of the molecule is COc1ccc(OC)c(C=N)c1. The molecule has 0 heterocycles. The molecule has 0 aliphatic rings. The first-order valence-electron chi connectivity index (χ1n) is 3.54. The molecule has 0 bridgehead atoms. The van der Waals surface area contributed by atoms with E-state index in [0.717, 1.165) is 11.3 Å². The van der Waals surface area contributed by atoms with Crippen molar-refractivity contribution in [2.75, 3.05) is 14.2 Å². The van der Waals surface area contributed by atoms with Gasteiger partial charge in [-0.2, -0.15) is 0 Å². The second-order valence-electron chi connectivity index (χ2n) is 2.25. The molecule has 3 heteroatoms. The third-order valence-electron chi connectivity index (χ3n) is 1.59. The van der Waals surface area contributed by atoms with E-state index in [-0.39, 0.29) is 0 Å². The molecule has 3 nitrogen and oxygen atoms in total. The molecule has 1 rings (SSSR count). The van der Waals surface area contributed by atoms with Crippen LogP contribution in [0.1, 0.15) is 5.56 Å². The number of methoxy groups -OCH3 is 2. The monoisotopic (exact) mass is 165 g/mol. The molecule has 0 aliphatic carbocycles.